The second-order valence-corrected chi connectivity index (χ2v) is 15.6. The van der Waals surface area contributed by atoms with Crippen LogP contribution in [0, 0.1) is 0 Å². The summed E-state index contributed by atoms with van der Waals surface area (Å²) < 4.78 is 32.7. The fourth-order valence-corrected chi connectivity index (χ4v) is 6.30. The van der Waals surface area contributed by atoms with E-state index in [9.17, 15) is 19.0 Å². The van der Waals surface area contributed by atoms with E-state index in [1.165, 1.54) is 64.2 Å². The molecule has 0 aromatic heterocycles. The molecular weight excluding hydrogens is 737 g/mol. The molecule has 0 aromatic carbocycles. The Labute approximate surface area is 347 Å². The highest BCUT2D eigenvalue weighted by molar-refractivity contribution is 7.47. The summed E-state index contributed by atoms with van der Waals surface area (Å²) >= 11 is 0. The van der Waals surface area contributed by atoms with Gasteiger partial charge in [-0.2, -0.15) is 0 Å². The fourth-order valence-electron chi connectivity index (χ4n) is 5.54. The maximum absolute atomic E-state index is 12.6. The van der Waals surface area contributed by atoms with Gasteiger partial charge in [0, 0.05) is 19.4 Å². The Morgan fingerprint density at radius 2 is 1.00 bits per heavy atom. The van der Waals surface area contributed by atoms with Crippen molar-refractivity contribution in [3.63, 3.8) is 0 Å². The molecule has 0 saturated carbocycles. The lowest BCUT2D eigenvalue weighted by Gasteiger charge is -2.19. The van der Waals surface area contributed by atoms with Crippen LogP contribution in [0.25, 0.3) is 0 Å². The van der Waals surface area contributed by atoms with Gasteiger partial charge < -0.3 is 20.1 Å². The molecule has 0 amide bonds. The van der Waals surface area contributed by atoms with Gasteiger partial charge in [0.15, 0.2) is 6.10 Å². The molecule has 0 fully saturated rings. The molecule has 0 aliphatic carbocycles. The second kappa shape index (κ2) is 42.8. The van der Waals surface area contributed by atoms with Crippen molar-refractivity contribution in [3.8, 4) is 0 Å². The Morgan fingerprint density at radius 3 is 1.51 bits per heavy atom. The normalized spacial score (nSPS) is 14.1. The van der Waals surface area contributed by atoms with Crippen LogP contribution in [0.3, 0.4) is 0 Å². The Hall–Kier alpha value is -2.81. The molecule has 0 aliphatic rings. The largest absolute Gasteiger partial charge is 0.472 e. The third kappa shape index (κ3) is 42.6. The molecule has 0 radical (unpaired) electrons. The van der Waals surface area contributed by atoms with E-state index in [0.29, 0.717) is 12.8 Å². The molecule has 0 rings (SSSR count). The molecule has 10 heteroatoms. The number of rotatable bonds is 40. The van der Waals surface area contributed by atoms with Crippen molar-refractivity contribution in [2.24, 2.45) is 5.73 Å². The van der Waals surface area contributed by atoms with Gasteiger partial charge in [-0.3, -0.25) is 18.6 Å². The Bertz CT molecular complexity index is 1210. The maximum atomic E-state index is 12.6. The van der Waals surface area contributed by atoms with Crippen LogP contribution in [-0.2, 0) is 32.7 Å². The molecule has 326 valence electrons. The highest BCUT2D eigenvalue weighted by Gasteiger charge is 2.25. The number of phosphoric ester groups is 1. The number of carbonyl (C=O) groups is 2. The van der Waals surface area contributed by atoms with E-state index in [2.05, 4.69) is 86.8 Å². The van der Waals surface area contributed by atoms with Crippen LogP contribution in [0.15, 0.2) is 85.1 Å². The van der Waals surface area contributed by atoms with Crippen LogP contribution in [0.2, 0.25) is 0 Å². The van der Waals surface area contributed by atoms with Gasteiger partial charge in [0.1, 0.15) is 6.61 Å². The smallest absolute Gasteiger partial charge is 0.462 e. The van der Waals surface area contributed by atoms with E-state index < -0.39 is 32.5 Å². The van der Waals surface area contributed by atoms with Gasteiger partial charge in [0.25, 0.3) is 0 Å². The number of unbranched alkanes of at least 4 members (excludes halogenated alkanes) is 13. The summed E-state index contributed by atoms with van der Waals surface area (Å²) in [6.07, 6.45) is 53.4. The monoisotopic (exact) mass is 818 g/mol. The van der Waals surface area contributed by atoms with E-state index in [1.807, 2.05) is 12.2 Å². The van der Waals surface area contributed by atoms with Crippen molar-refractivity contribution in [1.29, 1.82) is 0 Å². The fraction of sp³-hybridized carbons (Fsp3) is 0.660. The zero-order valence-corrected chi connectivity index (χ0v) is 36.7. The van der Waals surface area contributed by atoms with Gasteiger partial charge in [-0.25, -0.2) is 4.57 Å². The number of esters is 2. The Morgan fingerprint density at radius 1 is 0.544 bits per heavy atom. The topological polar surface area (TPSA) is 134 Å². The molecule has 2 unspecified atom stereocenters. The number of phosphoric acid groups is 1. The number of ether oxygens (including phenoxy) is 2. The SMILES string of the molecule is CCC=CCC=CCC=CCC=CCC=CCC=CCCC(=O)OC(COC(=O)CCCCCCCCCC=CCCCCCCCC)COP(=O)(O)OCCN. The minimum Gasteiger partial charge on any atom is -0.462 e. The van der Waals surface area contributed by atoms with Gasteiger partial charge in [-0.05, 0) is 77.0 Å². The summed E-state index contributed by atoms with van der Waals surface area (Å²) in [6, 6.07) is 0. The summed E-state index contributed by atoms with van der Waals surface area (Å²) in [5, 5.41) is 0. The van der Waals surface area contributed by atoms with Crippen molar-refractivity contribution in [1.82, 2.24) is 0 Å². The van der Waals surface area contributed by atoms with Crippen LogP contribution in [0.5, 0.6) is 0 Å². The predicted molar refractivity (Wildman–Crippen MR) is 238 cm³/mol. The number of carbonyl (C=O) groups excluding carboxylic acids is 2. The Kier molecular flexibility index (Phi) is 40.7. The number of hydrogen-bond donors (Lipinski definition) is 2. The van der Waals surface area contributed by atoms with Crippen LogP contribution in [0.1, 0.15) is 168 Å². The van der Waals surface area contributed by atoms with Crippen molar-refractivity contribution < 1.29 is 37.6 Å². The first kappa shape index (κ1) is 54.2. The van der Waals surface area contributed by atoms with E-state index in [0.717, 1.165) is 64.2 Å². The average Bonchev–Trinajstić information content (AvgIpc) is 3.20. The van der Waals surface area contributed by atoms with Gasteiger partial charge >= 0.3 is 19.8 Å². The first-order valence-corrected chi connectivity index (χ1v) is 23.6. The summed E-state index contributed by atoms with van der Waals surface area (Å²) in [5.74, 6) is -0.938. The second-order valence-electron chi connectivity index (χ2n) is 14.2. The predicted octanol–water partition coefficient (Wildman–Crippen LogP) is 12.8. The lowest BCUT2D eigenvalue weighted by molar-refractivity contribution is -0.161. The molecule has 9 nitrogen and oxygen atoms in total. The minimum atomic E-state index is -4.40. The zero-order chi connectivity index (χ0) is 41.8. The Balaban J connectivity index is 4.29. The molecule has 0 spiro atoms. The quantitative estimate of drug-likeness (QED) is 0.0268. The standard InChI is InChI=1S/C47H80NO8P/c1-3-5-7-9-11-13-15-17-19-21-22-24-26-28-30-32-34-36-38-40-47(50)56-45(44-55-57(51,52)54-42-41-48)43-53-46(49)39-37-35-33-31-29-27-25-23-20-18-16-14-12-10-8-6-4-2/h5,7,11,13,17-20,22,24,28,30,34,36,45H,3-4,6,8-10,12,14-16,21,23,25-27,29,31-33,35,37-44,48H2,1-2H3,(H,51,52). The van der Waals surface area contributed by atoms with Gasteiger partial charge in [0.2, 0.25) is 0 Å². The van der Waals surface area contributed by atoms with Crippen LogP contribution >= 0.6 is 7.82 Å². The number of nitrogens with two attached hydrogens (primary N) is 1. The maximum Gasteiger partial charge on any atom is 0.472 e. The molecule has 0 aliphatic heterocycles. The summed E-state index contributed by atoms with van der Waals surface area (Å²) in [4.78, 5) is 34.9. The molecule has 0 heterocycles. The van der Waals surface area contributed by atoms with Crippen LogP contribution in [0.4, 0.5) is 0 Å². The van der Waals surface area contributed by atoms with E-state index in [4.69, 9.17) is 24.3 Å². The summed E-state index contributed by atoms with van der Waals surface area (Å²) in [7, 11) is -4.40. The zero-order valence-electron chi connectivity index (χ0n) is 35.8. The first-order chi connectivity index (χ1) is 27.8. The number of allylic oxidation sites excluding steroid dienone is 14. The van der Waals surface area contributed by atoms with E-state index in [1.54, 1.807) is 0 Å². The van der Waals surface area contributed by atoms with Crippen molar-refractivity contribution in [2.75, 3.05) is 26.4 Å². The van der Waals surface area contributed by atoms with E-state index >= 15 is 0 Å². The van der Waals surface area contributed by atoms with Crippen LogP contribution in [-0.4, -0.2) is 49.3 Å². The van der Waals surface area contributed by atoms with Crippen molar-refractivity contribution in [2.45, 2.75) is 174 Å². The minimum absolute atomic E-state index is 0.0372. The summed E-state index contributed by atoms with van der Waals surface area (Å²) in [6.45, 7) is 3.51. The third-order valence-electron chi connectivity index (χ3n) is 8.78. The molecular formula is C47H80NO8P. The van der Waals surface area contributed by atoms with Gasteiger partial charge in [-0.15, -0.1) is 0 Å². The summed E-state index contributed by atoms with van der Waals surface area (Å²) in [5.41, 5.74) is 5.34. The molecule has 3 N–H and O–H groups in total. The molecule has 0 aromatic rings. The van der Waals surface area contributed by atoms with Crippen molar-refractivity contribution in [3.05, 3.63) is 85.1 Å². The molecule has 2 atom stereocenters. The van der Waals surface area contributed by atoms with Gasteiger partial charge in [0.05, 0.1) is 13.2 Å². The van der Waals surface area contributed by atoms with Gasteiger partial charge in [-0.1, -0.05) is 163 Å². The molecule has 57 heavy (non-hydrogen) atoms. The van der Waals surface area contributed by atoms with Crippen molar-refractivity contribution >= 4 is 19.8 Å². The average molecular weight is 818 g/mol. The lowest BCUT2D eigenvalue weighted by Crippen LogP contribution is -2.29. The molecule has 0 bridgehead atoms. The highest BCUT2D eigenvalue weighted by atomic mass is 31.2. The molecule has 0 saturated heterocycles. The first-order valence-electron chi connectivity index (χ1n) is 22.1. The third-order valence-corrected chi connectivity index (χ3v) is 9.76. The van der Waals surface area contributed by atoms with E-state index in [-0.39, 0.29) is 32.6 Å². The highest BCUT2D eigenvalue weighted by Crippen LogP contribution is 2.43. The lowest BCUT2D eigenvalue weighted by atomic mass is 10.1. The van der Waals surface area contributed by atoms with Crippen LogP contribution < -0.4 is 5.73 Å². The number of hydrogen-bond acceptors (Lipinski definition) is 8.